The van der Waals surface area contributed by atoms with E-state index in [4.69, 9.17) is 11.6 Å². The zero-order chi connectivity index (χ0) is 22.9. The second-order valence-corrected chi connectivity index (χ2v) is 9.09. The average Bonchev–Trinajstić information content (AvgIpc) is 3.12. The van der Waals surface area contributed by atoms with Gasteiger partial charge < -0.3 is 10.4 Å². The molecule has 0 radical (unpaired) electrons. The van der Waals surface area contributed by atoms with Gasteiger partial charge in [-0.2, -0.15) is 0 Å². The Morgan fingerprint density at radius 3 is 2.52 bits per heavy atom. The average molecular weight is 474 g/mol. The summed E-state index contributed by atoms with van der Waals surface area (Å²) in [6.45, 7) is -0.491. The van der Waals surface area contributed by atoms with E-state index in [1.54, 1.807) is 12.1 Å². The van der Waals surface area contributed by atoms with Crippen molar-refractivity contribution < 1.29 is 31.9 Å². The summed E-state index contributed by atoms with van der Waals surface area (Å²) in [4.78, 5) is 24.2. The third-order valence-corrected chi connectivity index (χ3v) is 6.57. The van der Waals surface area contributed by atoms with Gasteiger partial charge in [0.25, 0.3) is 0 Å². The molecule has 0 spiro atoms. The van der Waals surface area contributed by atoms with Crippen LogP contribution in [0.25, 0.3) is 11.1 Å². The molecule has 0 aromatic heterocycles. The molecule has 1 saturated heterocycles. The molecule has 166 valence electrons. The Morgan fingerprint density at radius 2 is 1.90 bits per heavy atom. The summed E-state index contributed by atoms with van der Waals surface area (Å²) in [6.07, 6.45) is -3.44. The maximum Gasteiger partial charge on any atom is 0.408 e. The first-order valence-corrected chi connectivity index (χ1v) is 10.9. The van der Waals surface area contributed by atoms with Crippen molar-refractivity contribution in [2.75, 3.05) is 18.9 Å². The lowest BCUT2D eigenvalue weighted by Crippen LogP contribution is -2.42. The van der Waals surface area contributed by atoms with Crippen LogP contribution in [0.3, 0.4) is 0 Å². The van der Waals surface area contributed by atoms with Gasteiger partial charge in [-0.3, -0.25) is 9.69 Å². The third kappa shape index (κ3) is 4.63. The Hall–Kier alpha value is -2.76. The highest BCUT2D eigenvalue weighted by Gasteiger charge is 2.40. The number of carbonyl (C=O) groups is 2. The van der Waals surface area contributed by atoms with Gasteiger partial charge in [-0.25, -0.2) is 26.7 Å². The van der Waals surface area contributed by atoms with Crippen LogP contribution in [0.1, 0.15) is 6.42 Å². The van der Waals surface area contributed by atoms with Gasteiger partial charge in [0.15, 0.2) is 5.82 Å². The fourth-order valence-corrected chi connectivity index (χ4v) is 4.32. The number of likely N-dealkylation sites (tertiary alicyclic amines) is 1. The van der Waals surface area contributed by atoms with Gasteiger partial charge in [-0.1, -0.05) is 29.8 Å². The molecule has 1 heterocycles. The van der Waals surface area contributed by atoms with E-state index in [1.807, 2.05) is 0 Å². The lowest BCUT2D eigenvalue weighted by molar-refractivity contribution is -0.120. The number of rotatable bonds is 5. The van der Waals surface area contributed by atoms with E-state index in [0.717, 1.165) is 19.2 Å². The molecule has 8 nitrogen and oxygen atoms in total. The summed E-state index contributed by atoms with van der Waals surface area (Å²) in [5.41, 5.74) is -0.520. The van der Waals surface area contributed by atoms with Crippen molar-refractivity contribution in [3.05, 3.63) is 47.2 Å². The number of halogens is 3. The molecule has 1 fully saturated rings. The molecule has 2 atom stereocenters. The highest BCUT2D eigenvalue weighted by atomic mass is 35.5. The van der Waals surface area contributed by atoms with E-state index in [2.05, 4.69) is 10.0 Å². The zero-order valence-electron chi connectivity index (χ0n) is 16.1. The Kier molecular flexibility index (Phi) is 6.48. The Morgan fingerprint density at radius 1 is 1.23 bits per heavy atom. The molecular formula is C19H18ClF2N3O5S. The number of sulfonamides is 1. The fraction of sp³-hybridized carbons (Fsp3) is 0.263. The number of hydrogen-bond donors (Lipinski definition) is 3. The van der Waals surface area contributed by atoms with Crippen LogP contribution in [0.4, 0.5) is 19.3 Å². The molecule has 1 aliphatic rings. The van der Waals surface area contributed by atoms with Crippen molar-refractivity contribution in [1.82, 2.24) is 9.62 Å². The number of hydrogen-bond acceptors (Lipinski definition) is 4. The van der Waals surface area contributed by atoms with Gasteiger partial charge in [0, 0.05) is 22.6 Å². The molecule has 31 heavy (non-hydrogen) atoms. The van der Waals surface area contributed by atoms with Gasteiger partial charge in [-0.05, 0) is 25.2 Å². The van der Waals surface area contributed by atoms with E-state index >= 15 is 4.39 Å². The molecule has 2 aromatic rings. The molecule has 3 rings (SSSR count). The molecule has 12 heteroatoms. The summed E-state index contributed by atoms with van der Waals surface area (Å²) >= 11 is 6.13. The van der Waals surface area contributed by atoms with Crippen LogP contribution in [0.5, 0.6) is 0 Å². The lowest BCUT2D eigenvalue weighted by Gasteiger charge is -2.21. The first-order chi connectivity index (χ1) is 14.5. The van der Waals surface area contributed by atoms with Crippen molar-refractivity contribution in [3.63, 3.8) is 0 Å². The second kappa shape index (κ2) is 8.77. The van der Waals surface area contributed by atoms with E-state index < -0.39 is 58.7 Å². The number of carbonyl (C=O) groups excluding carboxylic acids is 1. The molecule has 0 unspecified atom stereocenters. The molecule has 1 aliphatic heterocycles. The molecule has 0 aliphatic carbocycles. The normalized spacial score (nSPS) is 18.8. The van der Waals surface area contributed by atoms with Crippen LogP contribution < -0.4 is 10.0 Å². The molecule has 0 bridgehead atoms. The van der Waals surface area contributed by atoms with Crippen molar-refractivity contribution in [2.45, 2.75) is 23.5 Å². The van der Waals surface area contributed by atoms with Crippen LogP contribution in [-0.4, -0.2) is 56.2 Å². The van der Waals surface area contributed by atoms with E-state index in [9.17, 15) is 27.5 Å². The summed E-state index contributed by atoms with van der Waals surface area (Å²) < 4.78 is 55.8. The minimum absolute atomic E-state index is 0.144. The van der Waals surface area contributed by atoms with Crippen molar-refractivity contribution in [1.29, 1.82) is 0 Å². The maximum absolute atomic E-state index is 15.3. The Labute approximate surface area is 181 Å². The summed E-state index contributed by atoms with van der Waals surface area (Å²) in [7, 11) is -2.88. The standard InChI is InChI=1S/C19H18ClF2N3O5S/c1-23-31(29,30)11-7-13(12-4-2-3-5-14(12)20)17(22)15(8-11)24-18(26)16-6-10(21)9-25(16)19(27)28/h2-5,7-8,10,16,23H,6,9H2,1H3,(H,24,26)(H,27,28)/t10-,16+/m1/s1. The van der Waals surface area contributed by atoms with Gasteiger partial charge in [0.2, 0.25) is 15.9 Å². The number of nitrogens with one attached hydrogen (secondary N) is 2. The first kappa shape index (κ1) is 22.9. The predicted octanol–water partition coefficient (Wildman–Crippen LogP) is 3.08. The van der Waals surface area contributed by atoms with Crippen molar-refractivity contribution in [2.24, 2.45) is 0 Å². The number of amides is 2. The van der Waals surface area contributed by atoms with Crippen LogP contribution in [0.15, 0.2) is 41.3 Å². The zero-order valence-corrected chi connectivity index (χ0v) is 17.7. The minimum atomic E-state index is -4.04. The van der Waals surface area contributed by atoms with E-state index in [0.29, 0.717) is 4.90 Å². The smallest absolute Gasteiger partial charge is 0.408 e. The van der Waals surface area contributed by atoms with E-state index in [1.165, 1.54) is 12.1 Å². The van der Waals surface area contributed by atoms with Crippen LogP contribution in [0.2, 0.25) is 5.02 Å². The van der Waals surface area contributed by atoms with Gasteiger partial charge in [0.05, 0.1) is 17.1 Å². The number of alkyl halides is 1. The number of benzene rings is 2. The lowest BCUT2D eigenvalue weighted by atomic mass is 10.0. The molecule has 2 amide bonds. The topological polar surface area (TPSA) is 116 Å². The van der Waals surface area contributed by atoms with Crippen molar-refractivity contribution >= 4 is 39.3 Å². The summed E-state index contributed by atoms with van der Waals surface area (Å²) in [5.74, 6) is -1.96. The Balaban J connectivity index is 2.08. The highest BCUT2D eigenvalue weighted by molar-refractivity contribution is 7.89. The number of anilines is 1. The summed E-state index contributed by atoms with van der Waals surface area (Å²) in [5, 5.41) is 11.5. The van der Waals surface area contributed by atoms with Gasteiger partial charge >= 0.3 is 6.09 Å². The van der Waals surface area contributed by atoms with Crippen LogP contribution >= 0.6 is 11.6 Å². The van der Waals surface area contributed by atoms with E-state index in [-0.39, 0.29) is 21.0 Å². The first-order valence-electron chi connectivity index (χ1n) is 9.01. The SMILES string of the molecule is CNS(=O)(=O)c1cc(NC(=O)[C@@H]2C[C@@H](F)CN2C(=O)O)c(F)c(-c2ccccc2Cl)c1. The second-order valence-electron chi connectivity index (χ2n) is 6.79. The highest BCUT2D eigenvalue weighted by Crippen LogP contribution is 2.35. The van der Waals surface area contributed by atoms with Gasteiger partial charge in [0.1, 0.15) is 12.2 Å². The maximum atomic E-state index is 15.3. The number of nitrogens with zero attached hydrogens (tertiary/aromatic N) is 1. The molecule has 0 saturated carbocycles. The minimum Gasteiger partial charge on any atom is -0.465 e. The molecule has 2 aromatic carbocycles. The number of carboxylic acid groups (broad SMARTS) is 1. The fourth-order valence-electron chi connectivity index (χ4n) is 3.30. The van der Waals surface area contributed by atoms with Crippen LogP contribution in [0, 0.1) is 5.82 Å². The summed E-state index contributed by atoms with van der Waals surface area (Å²) in [6, 6.07) is 6.70. The molecular weight excluding hydrogens is 456 g/mol. The Bertz CT molecular complexity index is 1150. The predicted molar refractivity (Wildman–Crippen MR) is 110 cm³/mol. The van der Waals surface area contributed by atoms with Crippen LogP contribution in [-0.2, 0) is 14.8 Å². The van der Waals surface area contributed by atoms with Crippen molar-refractivity contribution in [3.8, 4) is 11.1 Å². The quantitative estimate of drug-likeness (QED) is 0.617. The monoisotopic (exact) mass is 473 g/mol. The third-order valence-electron chi connectivity index (χ3n) is 4.85. The largest absolute Gasteiger partial charge is 0.465 e. The molecule has 3 N–H and O–H groups in total. The van der Waals surface area contributed by atoms with Gasteiger partial charge in [-0.15, -0.1) is 0 Å².